The summed E-state index contributed by atoms with van der Waals surface area (Å²) in [5, 5.41) is 29.5. The maximum absolute atomic E-state index is 13.3. The Morgan fingerprint density at radius 1 is 1.44 bits per heavy atom. The van der Waals surface area contributed by atoms with Gasteiger partial charge in [0.25, 0.3) is 16.1 Å². The molecule has 0 aliphatic rings. The van der Waals surface area contributed by atoms with Crippen LogP contribution in [0.2, 0.25) is 0 Å². The van der Waals surface area contributed by atoms with Crippen LogP contribution in [0.25, 0.3) is 0 Å². The van der Waals surface area contributed by atoms with Crippen molar-refractivity contribution in [2.75, 3.05) is 23.7 Å². The molecule has 14 heteroatoms. The first-order valence-electron chi connectivity index (χ1n) is 6.58. The van der Waals surface area contributed by atoms with Gasteiger partial charge in [0.2, 0.25) is 5.84 Å². The van der Waals surface area contributed by atoms with Gasteiger partial charge in [0.05, 0.1) is 4.47 Å². The Hall–Kier alpha value is -2.29. The second-order valence-corrected chi connectivity index (χ2v) is 6.75. The highest BCUT2D eigenvalue weighted by molar-refractivity contribution is 9.10. The van der Waals surface area contributed by atoms with Crippen LogP contribution >= 0.6 is 15.9 Å². The van der Waals surface area contributed by atoms with Gasteiger partial charge >= 0.3 is 0 Å². The van der Waals surface area contributed by atoms with E-state index in [9.17, 15) is 18.0 Å². The zero-order chi connectivity index (χ0) is 18.4. The number of halogens is 2. The fraction of sp³-hybridized carbons (Fsp3) is 0.182. The topological polar surface area (TPSA) is 168 Å². The number of rotatable bonds is 7. The summed E-state index contributed by atoms with van der Waals surface area (Å²) in [6, 6.07) is 4.06. The van der Waals surface area contributed by atoms with Crippen LogP contribution in [0.5, 0.6) is 0 Å². The van der Waals surface area contributed by atoms with Crippen molar-refractivity contribution in [3.63, 3.8) is 0 Å². The first kappa shape index (κ1) is 19.0. The predicted molar refractivity (Wildman–Crippen MR) is 89.9 cm³/mol. The molecule has 0 aliphatic heterocycles. The van der Waals surface area contributed by atoms with Gasteiger partial charge in [-0.3, -0.25) is 0 Å². The van der Waals surface area contributed by atoms with E-state index in [4.69, 9.17) is 9.66 Å². The molecule has 0 saturated heterocycles. The predicted octanol–water partition coefficient (Wildman–Crippen LogP) is 0.424. The van der Waals surface area contributed by atoms with Crippen molar-refractivity contribution >= 4 is 43.5 Å². The van der Waals surface area contributed by atoms with Crippen LogP contribution in [0.3, 0.4) is 0 Å². The number of nitrogens with two attached hydrogens (primary N) is 1. The van der Waals surface area contributed by atoms with Crippen molar-refractivity contribution in [1.82, 2.24) is 15.1 Å². The highest BCUT2D eigenvalue weighted by Gasteiger charge is 2.18. The van der Waals surface area contributed by atoms with E-state index in [1.54, 1.807) is 0 Å². The molecule has 11 nitrogen and oxygen atoms in total. The van der Waals surface area contributed by atoms with Gasteiger partial charge in [-0.25, -0.2) is 14.3 Å². The fourth-order valence-electron chi connectivity index (χ4n) is 1.67. The average molecular weight is 438 g/mol. The minimum Gasteiger partial charge on any atom is -0.409 e. The molecule has 0 atom stereocenters. The van der Waals surface area contributed by atoms with Gasteiger partial charge in [-0.15, -0.1) is 5.10 Å². The van der Waals surface area contributed by atoms with Gasteiger partial charge < -0.3 is 20.4 Å². The molecule has 1 aromatic carbocycles. The summed E-state index contributed by atoms with van der Waals surface area (Å²) in [6.07, 6.45) is 0. The van der Waals surface area contributed by atoms with Gasteiger partial charge in [-0.05, 0) is 34.1 Å². The molecule has 0 unspecified atom stereocenters. The van der Waals surface area contributed by atoms with Gasteiger partial charge in [0.1, 0.15) is 5.82 Å². The third-order valence-corrected chi connectivity index (χ3v) is 3.92. The second kappa shape index (κ2) is 8.19. The van der Waals surface area contributed by atoms with Crippen LogP contribution in [0.1, 0.15) is 5.69 Å². The molecule has 0 bridgehead atoms. The molecular formula is C11H13BrFN7O4S. The first-order chi connectivity index (χ1) is 11.8. The lowest BCUT2D eigenvalue weighted by Gasteiger charge is -2.08. The van der Waals surface area contributed by atoms with Crippen molar-refractivity contribution in [2.24, 2.45) is 10.3 Å². The van der Waals surface area contributed by atoms with Crippen LogP contribution in [0.4, 0.5) is 16.0 Å². The maximum atomic E-state index is 13.3. The number of amidine groups is 1. The summed E-state index contributed by atoms with van der Waals surface area (Å²) < 4.78 is 41.9. The van der Waals surface area contributed by atoms with Crippen LogP contribution in [0.15, 0.2) is 32.4 Å². The van der Waals surface area contributed by atoms with E-state index in [1.807, 2.05) is 0 Å². The van der Waals surface area contributed by atoms with Gasteiger partial charge in [0, 0.05) is 24.0 Å². The molecule has 0 radical (unpaired) electrons. The summed E-state index contributed by atoms with van der Waals surface area (Å²) in [5.41, 5.74) is 0.435. The Morgan fingerprint density at radius 2 is 2.20 bits per heavy atom. The van der Waals surface area contributed by atoms with E-state index in [1.165, 1.54) is 18.2 Å². The number of benzene rings is 1. The number of oxime groups is 1. The van der Waals surface area contributed by atoms with Crippen molar-refractivity contribution in [1.29, 1.82) is 0 Å². The summed E-state index contributed by atoms with van der Waals surface area (Å²) in [7, 11) is -3.81. The fourth-order valence-corrected chi connectivity index (χ4v) is 2.44. The van der Waals surface area contributed by atoms with Crippen molar-refractivity contribution in [3.8, 4) is 0 Å². The van der Waals surface area contributed by atoms with Gasteiger partial charge in [0.15, 0.2) is 5.69 Å². The Kier molecular flexibility index (Phi) is 6.24. The SMILES string of the molecule is NS(=O)(=O)NCCNc1onnc1C(=NO)Nc1ccc(F)c(Br)c1. The molecule has 0 saturated carbocycles. The lowest BCUT2D eigenvalue weighted by Crippen LogP contribution is -2.34. The van der Waals surface area contributed by atoms with Crippen LogP contribution < -0.4 is 20.5 Å². The molecule has 0 amide bonds. The smallest absolute Gasteiger partial charge is 0.274 e. The summed E-state index contributed by atoms with van der Waals surface area (Å²) >= 11 is 3.04. The zero-order valence-electron chi connectivity index (χ0n) is 12.4. The highest BCUT2D eigenvalue weighted by Crippen LogP contribution is 2.21. The number of nitrogens with zero attached hydrogens (tertiary/aromatic N) is 3. The maximum Gasteiger partial charge on any atom is 0.274 e. The lowest BCUT2D eigenvalue weighted by atomic mass is 10.3. The molecule has 6 N–H and O–H groups in total. The standard InChI is InChI=1S/C11H13BrFN7O4S/c12-7-5-6(1-2-8(7)13)17-10(19-21)9-11(24-20-18-9)15-3-4-16-25(14,22)23/h1-2,5,15-16,21H,3-4H2,(H,17,19)(H2,14,22,23). The molecule has 0 spiro atoms. The number of hydrogen-bond donors (Lipinski definition) is 5. The normalized spacial score (nSPS) is 12.2. The van der Waals surface area contributed by atoms with Crippen LogP contribution in [-0.4, -0.2) is 42.9 Å². The molecule has 136 valence electrons. The first-order valence-corrected chi connectivity index (χ1v) is 8.92. The molecule has 1 heterocycles. The van der Waals surface area contributed by atoms with Gasteiger partial charge in [-0.1, -0.05) is 5.16 Å². The lowest BCUT2D eigenvalue weighted by molar-refractivity contribution is 0.319. The highest BCUT2D eigenvalue weighted by atomic mass is 79.9. The molecular weight excluding hydrogens is 425 g/mol. The third-order valence-electron chi connectivity index (χ3n) is 2.71. The monoisotopic (exact) mass is 437 g/mol. The van der Waals surface area contributed by atoms with Crippen LogP contribution in [-0.2, 0) is 10.2 Å². The number of hydrogen-bond acceptors (Lipinski definition) is 8. The second-order valence-electron chi connectivity index (χ2n) is 4.52. The molecule has 0 aliphatic carbocycles. The Bertz CT molecular complexity index is 873. The number of nitrogens with one attached hydrogen (secondary N) is 3. The van der Waals surface area contributed by atoms with E-state index in [0.29, 0.717) is 5.69 Å². The van der Waals surface area contributed by atoms with E-state index >= 15 is 0 Å². The van der Waals surface area contributed by atoms with E-state index in [-0.39, 0.29) is 35.0 Å². The molecule has 1 aromatic heterocycles. The number of anilines is 2. The van der Waals surface area contributed by atoms with Crippen molar-refractivity contribution in [3.05, 3.63) is 34.2 Å². The van der Waals surface area contributed by atoms with Crippen molar-refractivity contribution < 1.29 is 22.5 Å². The summed E-state index contributed by atoms with van der Waals surface area (Å²) in [4.78, 5) is 0. The number of aromatic nitrogens is 2. The van der Waals surface area contributed by atoms with E-state index in [2.05, 4.69) is 46.8 Å². The summed E-state index contributed by atoms with van der Waals surface area (Å²) in [5.74, 6) is -0.555. The molecule has 25 heavy (non-hydrogen) atoms. The Morgan fingerprint density at radius 3 is 2.84 bits per heavy atom. The quantitative estimate of drug-likeness (QED) is 0.136. The molecule has 2 rings (SSSR count). The zero-order valence-corrected chi connectivity index (χ0v) is 14.8. The minimum absolute atomic E-state index is 0.0249. The van der Waals surface area contributed by atoms with Crippen LogP contribution in [0, 0.1) is 5.82 Å². The van der Waals surface area contributed by atoms with Crippen molar-refractivity contribution in [2.45, 2.75) is 0 Å². The van der Waals surface area contributed by atoms with E-state index < -0.39 is 16.0 Å². The largest absolute Gasteiger partial charge is 0.409 e. The minimum atomic E-state index is -3.81. The molecule has 2 aromatic rings. The van der Waals surface area contributed by atoms with Gasteiger partial charge in [-0.2, -0.15) is 8.42 Å². The Balaban J connectivity index is 2.06. The summed E-state index contributed by atoms with van der Waals surface area (Å²) in [6.45, 7) is 0.0734. The average Bonchev–Trinajstić information content (AvgIpc) is 3.00. The Labute approximate surface area is 149 Å². The third kappa shape index (κ3) is 5.63. The molecule has 0 fully saturated rings. The van der Waals surface area contributed by atoms with E-state index in [0.717, 1.165) is 0 Å².